The molecule has 2 aromatic rings. The summed E-state index contributed by atoms with van der Waals surface area (Å²) >= 11 is 0. The van der Waals surface area contributed by atoms with Crippen LogP contribution in [0.5, 0.6) is 5.75 Å². The number of aliphatic hydroxyl groups is 1. The first kappa shape index (κ1) is 25.2. The molecule has 180 valence electrons. The standard InChI is InChI=1S/C27H31FN2O4/c1-5-16-34-21-12-13-22(18(4)17-21)25(31)23-24(19-8-10-20(28)11-9-19)30(27(33)26(23)32)15-14-29(6-2)7-3/h5,8-13,17,24,31H,1,6-7,14-16H2,2-4H3/t24-/m1/s1. The highest BCUT2D eigenvalue weighted by molar-refractivity contribution is 6.46. The molecule has 0 unspecified atom stereocenters. The van der Waals surface area contributed by atoms with Gasteiger partial charge in [-0.1, -0.05) is 38.6 Å². The summed E-state index contributed by atoms with van der Waals surface area (Å²) in [5.74, 6) is -1.51. The molecule has 7 heteroatoms. The van der Waals surface area contributed by atoms with Crippen LogP contribution in [0, 0.1) is 12.7 Å². The smallest absolute Gasteiger partial charge is 0.295 e. The molecule has 1 aliphatic heterocycles. The Morgan fingerprint density at radius 2 is 1.85 bits per heavy atom. The van der Waals surface area contributed by atoms with Crippen LogP contribution in [0.2, 0.25) is 0 Å². The van der Waals surface area contributed by atoms with Crippen molar-refractivity contribution < 1.29 is 23.8 Å². The van der Waals surface area contributed by atoms with E-state index < -0.39 is 23.5 Å². The van der Waals surface area contributed by atoms with Crippen molar-refractivity contribution in [1.29, 1.82) is 0 Å². The summed E-state index contributed by atoms with van der Waals surface area (Å²) < 4.78 is 19.2. The van der Waals surface area contributed by atoms with Crippen LogP contribution in [-0.2, 0) is 9.59 Å². The minimum absolute atomic E-state index is 0.000912. The highest BCUT2D eigenvalue weighted by Gasteiger charge is 2.46. The summed E-state index contributed by atoms with van der Waals surface area (Å²) in [5.41, 5.74) is 1.68. The van der Waals surface area contributed by atoms with Crippen molar-refractivity contribution in [3.05, 3.63) is 83.2 Å². The molecule has 6 nitrogen and oxygen atoms in total. The third kappa shape index (κ3) is 5.20. The average molecular weight is 467 g/mol. The highest BCUT2D eigenvalue weighted by atomic mass is 19.1. The number of carbonyl (C=O) groups is 2. The molecule has 1 aliphatic rings. The van der Waals surface area contributed by atoms with Crippen LogP contribution in [-0.4, -0.2) is 59.4 Å². The fourth-order valence-electron chi connectivity index (χ4n) is 4.18. The van der Waals surface area contributed by atoms with E-state index >= 15 is 0 Å². The van der Waals surface area contributed by atoms with Crippen LogP contribution in [0.15, 0.2) is 60.7 Å². The van der Waals surface area contributed by atoms with E-state index in [4.69, 9.17) is 4.74 Å². The Kier molecular flexibility index (Phi) is 8.23. The molecule has 3 rings (SSSR count). The van der Waals surface area contributed by atoms with Crippen molar-refractivity contribution in [2.45, 2.75) is 26.8 Å². The number of amides is 1. The molecule has 2 aromatic carbocycles. The summed E-state index contributed by atoms with van der Waals surface area (Å²) in [7, 11) is 0. The Bertz CT molecular complexity index is 1090. The van der Waals surface area contributed by atoms with Gasteiger partial charge in [-0.15, -0.1) is 0 Å². The summed E-state index contributed by atoms with van der Waals surface area (Å²) in [6.45, 7) is 12.3. The van der Waals surface area contributed by atoms with E-state index in [9.17, 15) is 19.1 Å². The second-order valence-corrected chi connectivity index (χ2v) is 8.15. The number of likely N-dealkylation sites (tertiary alicyclic amines) is 1. The van der Waals surface area contributed by atoms with Crippen molar-refractivity contribution >= 4 is 17.4 Å². The topological polar surface area (TPSA) is 70.1 Å². The number of likely N-dealkylation sites (N-methyl/N-ethyl adjacent to an activating group) is 1. The van der Waals surface area contributed by atoms with E-state index in [2.05, 4.69) is 11.5 Å². The van der Waals surface area contributed by atoms with Gasteiger partial charge < -0.3 is 19.6 Å². The molecule has 1 N–H and O–H groups in total. The summed E-state index contributed by atoms with van der Waals surface area (Å²) in [6, 6.07) is 9.96. The third-order valence-corrected chi connectivity index (χ3v) is 6.10. The minimum Gasteiger partial charge on any atom is -0.507 e. The van der Waals surface area contributed by atoms with Gasteiger partial charge in [-0.25, -0.2) is 4.39 Å². The van der Waals surface area contributed by atoms with Crippen LogP contribution in [0.25, 0.3) is 5.76 Å². The van der Waals surface area contributed by atoms with Crippen LogP contribution >= 0.6 is 0 Å². The Morgan fingerprint density at radius 3 is 2.44 bits per heavy atom. The highest BCUT2D eigenvalue weighted by Crippen LogP contribution is 2.40. The molecule has 1 heterocycles. The Morgan fingerprint density at radius 1 is 1.18 bits per heavy atom. The maximum atomic E-state index is 13.6. The van der Waals surface area contributed by atoms with Gasteiger partial charge in [0.25, 0.3) is 11.7 Å². The number of hydrogen-bond acceptors (Lipinski definition) is 5. The fourth-order valence-corrected chi connectivity index (χ4v) is 4.18. The second kappa shape index (κ2) is 11.1. The molecule has 0 spiro atoms. The number of halogens is 1. The average Bonchev–Trinajstić information content (AvgIpc) is 3.08. The first-order valence-electron chi connectivity index (χ1n) is 11.4. The third-order valence-electron chi connectivity index (χ3n) is 6.10. The van der Waals surface area contributed by atoms with Gasteiger partial charge in [-0.2, -0.15) is 0 Å². The molecule has 0 aliphatic carbocycles. The second-order valence-electron chi connectivity index (χ2n) is 8.15. The molecule has 0 saturated carbocycles. The van der Waals surface area contributed by atoms with E-state index in [1.165, 1.54) is 17.0 Å². The van der Waals surface area contributed by atoms with E-state index in [-0.39, 0.29) is 11.3 Å². The normalized spacial score (nSPS) is 17.4. The molecular weight excluding hydrogens is 435 g/mol. The lowest BCUT2D eigenvalue weighted by Crippen LogP contribution is -2.38. The molecule has 1 amide bonds. The number of rotatable bonds is 10. The first-order chi connectivity index (χ1) is 16.3. The summed E-state index contributed by atoms with van der Waals surface area (Å²) in [6.07, 6.45) is 1.63. The predicted octanol–water partition coefficient (Wildman–Crippen LogP) is 4.46. The zero-order valence-corrected chi connectivity index (χ0v) is 19.9. The molecule has 1 fully saturated rings. The van der Waals surface area contributed by atoms with Gasteiger partial charge in [0.2, 0.25) is 0 Å². The Labute approximate surface area is 199 Å². The maximum absolute atomic E-state index is 13.6. The van der Waals surface area contributed by atoms with Crippen molar-refractivity contribution in [1.82, 2.24) is 9.80 Å². The number of benzene rings is 2. The molecule has 1 saturated heterocycles. The number of carbonyl (C=O) groups excluding carboxylic acids is 2. The minimum atomic E-state index is -0.813. The molecule has 1 atom stereocenters. The number of ketones is 1. The number of aryl methyl sites for hydroxylation is 1. The number of aliphatic hydroxyl groups excluding tert-OH is 1. The Hall–Kier alpha value is -3.45. The summed E-state index contributed by atoms with van der Waals surface area (Å²) in [5, 5.41) is 11.3. The van der Waals surface area contributed by atoms with Crippen LogP contribution < -0.4 is 4.74 Å². The van der Waals surface area contributed by atoms with Crippen molar-refractivity contribution in [2.75, 3.05) is 32.8 Å². The van der Waals surface area contributed by atoms with Gasteiger partial charge in [-0.05, 0) is 61.5 Å². The lowest BCUT2D eigenvalue weighted by Gasteiger charge is -2.28. The van der Waals surface area contributed by atoms with Crippen LogP contribution in [0.3, 0.4) is 0 Å². The van der Waals surface area contributed by atoms with Gasteiger partial charge in [0, 0.05) is 18.7 Å². The van der Waals surface area contributed by atoms with Crippen molar-refractivity contribution in [3.8, 4) is 5.75 Å². The molecule has 34 heavy (non-hydrogen) atoms. The van der Waals surface area contributed by atoms with E-state index in [0.29, 0.717) is 42.1 Å². The SMILES string of the molecule is C=CCOc1ccc(C(O)=C2C(=O)C(=O)N(CCN(CC)CC)[C@@H]2c2ccc(F)cc2)c(C)c1. The number of nitrogens with zero attached hydrogens (tertiary/aromatic N) is 2. The van der Waals surface area contributed by atoms with Crippen molar-refractivity contribution in [3.63, 3.8) is 0 Å². The van der Waals surface area contributed by atoms with Gasteiger partial charge >= 0.3 is 0 Å². The molecule has 0 radical (unpaired) electrons. The number of Topliss-reactive ketones (excluding diaryl/α,β-unsaturated/α-hetero) is 1. The first-order valence-corrected chi connectivity index (χ1v) is 11.4. The van der Waals surface area contributed by atoms with Gasteiger partial charge in [0.1, 0.15) is 23.9 Å². The number of hydrogen-bond donors (Lipinski definition) is 1. The lowest BCUT2D eigenvalue weighted by molar-refractivity contribution is -0.140. The summed E-state index contributed by atoms with van der Waals surface area (Å²) in [4.78, 5) is 29.8. The quantitative estimate of drug-likeness (QED) is 0.242. The lowest BCUT2D eigenvalue weighted by atomic mass is 9.94. The van der Waals surface area contributed by atoms with E-state index in [0.717, 1.165) is 13.1 Å². The molecule has 0 bridgehead atoms. The van der Waals surface area contributed by atoms with Crippen LogP contribution in [0.4, 0.5) is 4.39 Å². The predicted molar refractivity (Wildman–Crippen MR) is 130 cm³/mol. The van der Waals surface area contributed by atoms with E-state index in [1.807, 2.05) is 13.8 Å². The zero-order valence-electron chi connectivity index (χ0n) is 19.9. The molecule has 0 aromatic heterocycles. The number of ether oxygens (including phenoxy) is 1. The van der Waals surface area contributed by atoms with Gasteiger partial charge in [-0.3, -0.25) is 9.59 Å². The van der Waals surface area contributed by atoms with Gasteiger partial charge in [0.05, 0.1) is 11.6 Å². The largest absolute Gasteiger partial charge is 0.507 e. The van der Waals surface area contributed by atoms with Gasteiger partial charge in [0.15, 0.2) is 0 Å². The van der Waals surface area contributed by atoms with Crippen LogP contribution in [0.1, 0.15) is 36.6 Å². The Balaban J connectivity index is 2.08. The fraction of sp³-hybridized carbons (Fsp3) is 0.333. The molecular formula is C27H31FN2O4. The van der Waals surface area contributed by atoms with E-state index in [1.54, 1.807) is 43.3 Å². The van der Waals surface area contributed by atoms with Crippen molar-refractivity contribution in [2.24, 2.45) is 0 Å². The monoisotopic (exact) mass is 466 g/mol. The zero-order chi connectivity index (χ0) is 24.8. The maximum Gasteiger partial charge on any atom is 0.295 e.